The van der Waals surface area contributed by atoms with Crippen LogP contribution in [0.15, 0.2) is 47.1 Å². The highest BCUT2D eigenvalue weighted by Crippen LogP contribution is 2.22. The number of anilines is 1. The number of furan rings is 1. The lowest BCUT2D eigenvalue weighted by molar-refractivity contribution is -0.136. The fourth-order valence-electron chi connectivity index (χ4n) is 2.80. The summed E-state index contributed by atoms with van der Waals surface area (Å²) in [6.07, 6.45) is 6.66. The van der Waals surface area contributed by atoms with E-state index in [1.807, 2.05) is 12.1 Å². The second-order valence-corrected chi connectivity index (χ2v) is 6.13. The standard InChI is InChI=1S/C19H22N2O4/c22-18(20-12-17-6-3-11-24-17)19(23)21-15-9-7-14(8-10-15)13-25-16-4-1-2-5-16/h3,6-11,16H,1-2,4-5,12-13H2,(H,20,22)(H,21,23). The average molecular weight is 342 g/mol. The molecule has 0 aliphatic heterocycles. The van der Waals surface area contributed by atoms with E-state index in [2.05, 4.69) is 10.6 Å². The lowest BCUT2D eigenvalue weighted by atomic mass is 10.2. The van der Waals surface area contributed by atoms with Gasteiger partial charge in [-0.1, -0.05) is 25.0 Å². The first-order valence-electron chi connectivity index (χ1n) is 8.53. The van der Waals surface area contributed by atoms with Crippen molar-refractivity contribution in [2.24, 2.45) is 0 Å². The van der Waals surface area contributed by atoms with Crippen LogP contribution in [0.25, 0.3) is 0 Å². The Labute approximate surface area is 146 Å². The Kier molecular flexibility index (Phi) is 5.85. The Morgan fingerprint density at radius 2 is 1.84 bits per heavy atom. The first-order valence-corrected chi connectivity index (χ1v) is 8.53. The predicted molar refractivity (Wildman–Crippen MR) is 92.7 cm³/mol. The van der Waals surface area contributed by atoms with E-state index >= 15 is 0 Å². The van der Waals surface area contributed by atoms with E-state index in [1.54, 1.807) is 24.3 Å². The zero-order valence-electron chi connectivity index (χ0n) is 14.0. The van der Waals surface area contributed by atoms with Crippen LogP contribution in [-0.2, 0) is 27.5 Å². The molecule has 0 unspecified atom stereocenters. The van der Waals surface area contributed by atoms with Crippen LogP contribution in [0.2, 0.25) is 0 Å². The zero-order valence-corrected chi connectivity index (χ0v) is 14.0. The van der Waals surface area contributed by atoms with Gasteiger partial charge in [0.05, 0.1) is 25.5 Å². The van der Waals surface area contributed by atoms with E-state index < -0.39 is 11.8 Å². The molecule has 1 aromatic heterocycles. The molecule has 2 aromatic rings. The van der Waals surface area contributed by atoms with Crippen molar-refractivity contribution in [1.29, 1.82) is 0 Å². The molecule has 0 spiro atoms. The van der Waals surface area contributed by atoms with Crippen LogP contribution in [-0.4, -0.2) is 17.9 Å². The summed E-state index contributed by atoms with van der Waals surface area (Å²) in [5, 5.41) is 5.08. The number of carbonyl (C=O) groups is 2. The van der Waals surface area contributed by atoms with Gasteiger partial charge in [0.1, 0.15) is 5.76 Å². The van der Waals surface area contributed by atoms with E-state index in [0.717, 1.165) is 18.4 Å². The summed E-state index contributed by atoms with van der Waals surface area (Å²) in [5.74, 6) is -0.820. The molecule has 1 heterocycles. The number of benzene rings is 1. The summed E-state index contributed by atoms with van der Waals surface area (Å²) in [6, 6.07) is 10.8. The molecule has 6 heteroatoms. The monoisotopic (exact) mass is 342 g/mol. The molecule has 0 saturated heterocycles. The summed E-state index contributed by atoms with van der Waals surface area (Å²) >= 11 is 0. The van der Waals surface area contributed by atoms with Crippen LogP contribution in [0.1, 0.15) is 37.0 Å². The SMILES string of the molecule is O=C(NCc1ccco1)C(=O)Nc1ccc(COC2CCCC2)cc1. The van der Waals surface area contributed by atoms with Gasteiger partial charge in [-0.2, -0.15) is 0 Å². The molecule has 1 saturated carbocycles. The molecule has 1 aliphatic rings. The quantitative estimate of drug-likeness (QED) is 0.791. The van der Waals surface area contributed by atoms with Crippen molar-refractivity contribution >= 4 is 17.5 Å². The number of rotatable bonds is 6. The Hall–Kier alpha value is -2.60. The number of ether oxygens (including phenoxy) is 1. The Morgan fingerprint density at radius 1 is 1.08 bits per heavy atom. The molecule has 2 amide bonds. The average Bonchev–Trinajstić information content (AvgIpc) is 3.32. The van der Waals surface area contributed by atoms with Gasteiger partial charge in [-0.15, -0.1) is 0 Å². The second kappa shape index (κ2) is 8.48. The molecular weight excluding hydrogens is 320 g/mol. The third kappa shape index (κ3) is 5.19. The lowest BCUT2D eigenvalue weighted by Crippen LogP contribution is -2.34. The minimum atomic E-state index is -0.707. The van der Waals surface area contributed by atoms with Crippen LogP contribution in [0.3, 0.4) is 0 Å². The lowest BCUT2D eigenvalue weighted by Gasteiger charge is -2.11. The Morgan fingerprint density at radius 3 is 2.52 bits per heavy atom. The number of nitrogens with one attached hydrogen (secondary N) is 2. The fraction of sp³-hybridized carbons (Fsp3) is 0.368. The normalized spacial score (nSPS) is 14.4. The van der Waals surface area contributed by atoms with Crippen LogP contribution in [0.5, 0.6) is 0 Å². The van der Waals surface area contributed by atoms with E-state index in [4.69, 9.17) is 9.15 Å². The highest BCUT2D eigenvalue weighted by Gasteiger charge is 2.16. The molecular formula is C19H22N2O4. The highest BCUT2D eigenvalue weighted by molar-refractivity contribution is 6.39. The number of amides is 2. The van der Waals surface area contributed by atoms with Crippen molar-refractivity contribution in [3.63, 3.8) is 0 Å². The first kappa shape index (κ1) is 17.2. The van der Waals surface area contributed by atoms with Gasteiger partial charge in [-0.05, 0) is 42.7 Å². The molecule has 6 nitrogen and oxygen atoms in total. The largest absolute Gasteiger partial charge is 0.467 e. The number of hydrogen-bond acceptors (Lipinski definition) is 4. The number of hydrogen-bond donors (Lipinski definition) is 2. The molecule has 1 aromatic carbocycles. The van der Waals surface area contributed by atoms with Crippen molar-refractivity contribution in [2.45, 2.75) is 44.9 Å². The topological polar surface area (TPSA) is 80.6 Å². The predicted octanol–water partition coefficient (Wildman–Crippen LogP) is 2.99. The van der Waals surface area contributed by atoms with Crippen molar-refractivity contribution in [3.8, 4) is 0 Å². The minimum absolute atomic E-state index is 0.177. The van der Waals surface area contributed by atoms with E-state index in [0.29, 0.717) is 24.2 Å². The smallest absolute Gasteiger partial charge is 0.313 e. The summed E-state index contributed by atoms with van der Waals surface area (Å²) in [6.45, 7) is 0.749. The summed E-state index contributed by atoms with van der Waals surface area (Å²) in [7, 11) is 0. The molecule has 1 fully saturated rings. The summed E-state index contributed by atoms with van der Waals surface area (Å²) in [4.78, 5) is 23.7. The Bertz CT molecular complexity index is 689. The molecule has 1 aliphatic carbocycles. The van der Waals surface area contributed by atoms with Crippen LogP contribution in [0.4, 0.5) is 5.69 Å². The molecule has 0 radical (unpaired) electrons. The van der Waals surface area contributed by atoms with Crippen LogP contribution in [0, 0.1) is 0 Å². The van der Waals surface area contributed by atoms with Gasteiger partial charge in [0.2, 0.25) is 0 Å². The van der Waals surface area contributed by atoms with Gasteiger partial charge in [0, 0.05) is 5.69 Å². The van der Waals surface area contributed by atoms with E-state index in [-0.39, 0.29) is 6.54 Å². The molecule has 2 N–H and O–H groups in total. The maximum atomic E-state index is 11.9. The van der Waals surface area contributed by atoms with Crippen molar-refractivity contribution in [3.05, 3.63) is 54.0 Å². The summed E-state index contributed by atoms with van der Waals surface area (Å²) in [5.41, 5.74) is 1.62. The maximum Gasteiger partial charge on any atom is 0.313 e. The van der Waals surface area contributed by atoms with Crippen molar-refractivity contribution in [2.75, 3.05) is 5.32 Å². The third-order valence-corrected chi connectivity index (χ3v) is 4.21. The molecule has 0 atom stereocenters. The minimum Gasteiger partial charge on any atom is -0.467 e. The molecule has 25 heavy (non-hydrogen) atoms. The van der Waals surface area contributed by atoms with Crippen LogP contribution < -0.4 is 10.6 Å². The molecule has 0 bridgehead atoms. The first-order chi connectivity index (χ1) is 12.2. The van der Waals surface area contributed by atoms with Gasteiger partial charge in [0.15, 0.2) is 0 Å². The van der Waals surface area contributed by atoms with Crippen molar-refractivity contribution < 1.29 is 18.7 Å². The maximum absolute atomic E-state index is 11.9. The second-order valence-electron chi connectivity index (χ2n) is 6.13. The highest BCUT2D eigenvalue weighted by atomic mass is 16.5. The van der Waals surface area contributed by atoms with E-state index in [9.17, 15) is 9.59 Å². The summed E-state index contributed by atoms with van der Waals surface area (Å²) < 4.78 is 11.0. The zero-order chi connectivity index (χ0) is 17.5. The van der Waals surface area contributed by atoms with Gasteiger partial charge < -0.3 is 19.8 Å². The van der Waals surface area contributed by atoms with Gasteiger partial charge >= 0.3 is 11.8 Å². The van der Waals surface area contributed by atoms with Gasteiger partial charge in [-0.3, -0.25) is 9.59 Å². The third-order valence-electron chi connectivity index (χ3n) is 4.21. The van der Waals surface area contributed by atoms with E-state index in [1.165, 1.54) is 19.1 Å². The van der Waals surface area contributed by atoms with Crippen LogP contribution >= 0.6 is 0 Å². The van der Waals surface area contributed by atoms with Gasteiger partial charge in [-0.25, -0.2) is 0 Å². The van der Waals surface area contributed by atoms with Gasteiger partial charge in [0.25, 0.3) is 0 Å². The Balaban J connectivity index is 1.43. The molecule has 132 valence electrons. The van der Waals surface area contributed by atoms with Crippen molar-refractivity contribution in [1.82, 2.24) is 5.32 Å². The molecule has 3 rings (SSSR count). The fourth-order valence-corrected chi connectivity index (χ4v) is 2.80. The number of carbonyl (C=O) groups excluding carboxylic acids is 2.